The molecule has 2 aromatic rings. The van der Waals surface area contributed by atoms with Crippen LogP contribution < -0.4 is 16.0 Å². The van der Waals surface area contributed by atoms with Crippen molar-refractivity contribution in [3.05, 3.63) is 58.6 Å². The molecule has 0 atom stereocenters. The Morgan fingerprint density at radius 1 is 1.40 bits per heavy atom. The Morgan fingerprint density at radius 3 is 2.80 bits per heavy atom. The molecule has 3 N–H and O–H groups in total. The number of nitrogens with one attached hydrogen (secondary N) is 1. The molecular formula is C13H11ClFN3O2. The van der Waals surface area contributed by atoms with Crippen LogP contribution in [-0.2, 0) is 6.61 Å². The second-order valence-electron chi connectivity index (χ2n) is 3.88. The van der Waals surface area contributed by atoms with Gasteiger partial charge in [0.1, 0.15) is 18.2 Å². The quantitative estimate of drug-likeness (QED) is 0.514. The van der Waals surface area contributed by atoms with E-state index in [-0.39, 0.29) is 11.6 Å². The number of halogens is 2. The number of nitrogens with two attached hydrogens (primary N) is 1. The SMILES string of the molecule is NNC(=O)c1ccc(COc2ccc(Cl)c(F)c2)nc1. The molecule has 104 valence electrons. The molecule has 0 aliphatic heterocycles. The van der Waals surface area contributed by atoms with Gasteiger partial charge in [0, 0.05) is 12.3 Å². The second kappa shape index (κ2) is 6.31. The molecule has 0 aliphatic carbocycles. The van der Waals surface area contributed by atoms with Crippen molar-refractivity contribution in [1.82, 2.24) is 10.4 Å². The number of pyridine rings is 1. The van der Waals surface area contributed by atoms with Gasteiger partial charge in [-0.2, -0.15) is 0 Å². The largest absolute Gasteiger partial charge is 0.487 e. The molecule has 2 rings (SSSR count). The maximum atomic E-state index is 13.2. The zero-order chi connectivity index (χ0) is 14.5. The van der Waals surface area contributed by atoms with E-state index in [1.165, 1.54) is 18.3 Å². The average Bonchev–Trinajstić information content (AvgIpc) is 2.48. The molecule has 0 fully saturated rings. The molecular weight excluding hydrogens is 285 g/mol. The average molecular weight is 296 g/mol. The summed E-state index contributed by atoms with van der Waals surface area (Å²) in [5, 5.41) is 0.0348. The number of carbonyl (C=O) groups excluding carboxylic acids is 1. The van der Waals surface area contributed by atoms with Crippen LogP contribution in [0, 0.1) is 5.82 Å². The Morgan fingerprint density at radius 2 is 2.20 bits per heavy atom. The molecule has 5 nitrogen and oxygen atoms in total. The molecule has 0 radical (unpaired) electrons. The number of hydrogen-bond acceptors (Lipinski definition) is 4. The predicted octanol–water partition coefficient (Wildman–Crippen LogP) is 2.06. The van der Waals surface area contributed by atoms with Crippen LogP contribution in [0.3, 0.4) is 0 Å². The summed E-state index contributed by atoms with van der Waals surface area (Å²) in [4.78, 5) is 15.3. The topological polar surface area (TPSA) is 77.2 Å². The van der Waals surface area contributed by atoms with Crippen LogP contribution in [0.1, 0.15) is 16.1 Å². The fourth-order valence-corrected chi connectivity index (χ4v) is 1.57. The monoisotopic (exact) mass is 295 g/mol. The fraction of sp³-hybridized carbons (Fsp3) is 0.0769. The van der Waals surface area contributed by atoms with Gasteiger partial charge in [0.2, 0.25) is 0 Å². The van der Waals surface area contributed by atoms with Crippen LogP contribution >= 0.6 is 11.6 Å². The molecule has 20 heavy (non-hydrogen) atoms. The minimum atomic E-state index is -0.549. The summed E-state index contributed by atoms with van der Waals surface area (Å²) >= 11 is 5.57. The highest BCUT2D eigenvalue weighted by molar-refractivity contribution is 6.30. The van der Waals surface area contributed by atoms with Gasteiger partial charge in [0.05, 0.1) is 16.3 Å². The van der Waals surface area contributed by atoms with Crippen molar-refractivity contribution in [2.24, 2.45) is 5.84 Å². The summed E-state index contributed by atoms with van der Waals surface area (Å²) in [7, 11) is 0. The van der Waals surface area contributed by atoms with Crippen LogP contribution in [0.5, 0.6) is 5.75 Å². The van der Waals surface area contributed by atoms with E-state index in [0.29, 0.717) is 17.0 Å². The van der Waals surface area contributed by atoms with Crippen LogP contribution in [-0.4, -0.2) is 10.9 Å². The number of nitrogen functional groups attached to an aromatic ring is 1. The molecule has 0 spiro atoms. The minimum absolute atomic E-state index is 0.0348. The number of ether oxygens (including phenoxy) is 1. The lowest BCUT2D eigenvalue weighted by Gasteiger charge is -2.07. The zero-order valence-electron chi connectivity index (χ0n) is 10.3. The highest BCUT2D eigenvalue weighted by Gasteiger charge is 2.05. The fourth-order valence-electron chi connectivity index (χ4n) is 1.45. The van der Waals surface area contributed by atoms with Gasteiger partial charge in [0.25, 0.3) is 5.91 Å². The molecule has 1 aromatic carbocycles. The molecule has 1 amide bonds. The van der Waals surface area contributed by atoms with Crippen molar-refractivity contribution in [2.45, 2.75) is 6.61 Å². The zero-order valence-corrected chi connectivity index (χ0v) is 11.0. The third-order valence-electron chi connectivity index (χ3n) is 2.50. The van der Waals surface area contributed by atoms with Gasteiger partial charge in [-0.3, -0.25) is 15.2 Å². The molecule has 0 saturated carbocycles. The minimum Gasteiger partial charge on any atom is -0.487 e. The van der Waals surface area contributed by atoms with Crippen LogP contribution in [0.25, 0.3) is 0 Å². The van der Waals surface area contributed by atoms with E-state index >= 15 is 0 Å². The van der Waals surface area contributed by atoms with Gasteiger partial charge in [-0.25, -0.2) is 10.2 Å². The summed E-state index contributed by atoms with van der Waals surface area (Å²) in [6.07, 6.45) is 1.38. The van der Waals surface area contributed by atoms with Gasteiger partial charge in [0.15, 0.2) is 0 Å². The van der Waals surface area contributed by atoms with Crippen LogP contribution in [0.2, 0.25) is 5.02 Å². The number of benzene rings is 1. The summed E-state index contributed by atoms with van der Waals surface area (Å²) in [5.74, 6) is 4.37. The van der Waals surface area contributed by atoms with E-state index in [1.54, 1.807) is 18.2 Å². The van der Waals surface area contributed by atoms with E-state index in [1.807, 2.05) is 5.43 Å². The van der Waals surface area contributed by atoms with Crippen molar-refractivity contribution in [2.75, 3.05) is 0 Å². The second-order valence-corrected chi connectivity index (χ2v) is 4.28. The lowest BCUT2D eigenvalue weighted by atomic mass is 10.2. The Kier molecular flexibility index (Phi) is 4.49. The molecule has 7 heteroatoms. The first kappa shape index (κ1) is 14.2. The normalized spacial score (nSPS) is 10.2. The van der Waals surface area contributed by atoms with Gasteiger partial charge in [-0.1, -0.05) is 11.6 Å². The number of hydrogen-bond donors (Lipinski definition) is 2. The molecule has 0 aliphatic rings. The van der Waals surface area contributed by atoms with E-state index in [0.717, 1.165) is 0 Å². The van der Waals surface area contributed by atoms with Crippen LogP contribution in [0.4, 0.5) is 4.39 Å². The Labute approximate surface area is 119 Å². The van der Waals surface area contributed by atoms with Crippen molar-refractivity contribution < 1.29 is 13.9 Å². The maximum absolute atomic E-state index is 13.2. The van der Waals surface area contributed by atoms with Gasteiger partial charge >= 0.3 is 0 Å². The summed E-state index contributed by atoms with van der Waals surface area (Å²) in [5.41, 5.74) is 2.94. The number of nitrogens with zero attached hydrogens (tertiary/aromatic N) is 1. The maximum Gasteiger partial charge on any atom is 0.266 e. The number of carbonyl (C=O) groups is 1. The van der Waals surface area contributed by atoms with Crippen molar-refractivity contribution in [1.29, 1.82) is 0 Å². The first-order valence-electron chi connectivity index (χ1n) is 5.64. The first-order chi connectivity index (χ1) is 9.60. The third-order valence-corrected chi connectivity index (χ3v) is 2.80. The van der Waals surface area contributed by atoms with Crippen molar-refractivity contribution in [3.8, 4) is 5.75 Å². The van der Waals surface area contributed by atoms with Crippen LogP contribution in [0.15, 0.2) is 36.5 Å². The number of rotatable bonds is 4. The molecule has 1 heterocycles. The Bertz CT molecular complexity index is 620. The highest BCUT2D eigenvalue weighted by atomic mass is 35.5. The van der Waals surface area contributed by atoms with Gasteiger partial charge in [-0.05, 0) is 24.3 Å². The highest BCUT2D eigenvalue weighted by Crippen LogP contribution is 2.20. The third kappa shape index (κ3) is 3.43. The lowest BCUT2D eigenvalue weighted by molar-refractivity contribution is 0.0953. The summed E-state index contributed by atoms with van der Waals surface area (Å²) in [6.45, 7) is 0.144. The van der Waals surface area contributed by atoms with Crippen molar-refractivity contribution >= 4 is 17.5 Å². The summed E-state index contributed by atoms with van der Waals surface area (Å²) < 4.78 is 18.6. The Hall–Kier alpha value is -2.18. The van der Waals surface area contributed by atoms with Gasteiger partial charge < -0.3 is 4.74 Å². The predicted molar refractivity (Wildman–Crippen MR) is 71.6 cm³/mol. The molecule has 1 aromatic heterocycles. The van der Waals surface area contributed by atoms with E-state index < -0.39 is 11.7 Å². The lowest BCUT2D eigenvalue weighted by Crippen LogP contribution is -2.30. The number of amides is 1. The molecule has 0 bridgehead atoms. The molecule has 0 unspecified atom stereocenters. The van der Waals surface area contributed by atoms with Crippen molar-refractivity contribution in [3.63, 3.8) is 0 Å². The standard InChI is InChI=1S/C13H11ClFN3O2/c14-11-4-3-10(5-12(11)15)20-7-9-2-1-8(6-17-9)13(19)18-16/h1-6H,7,16H2,(H,18,19). The first-order valence-corrected chi connectivity index (χ1v) is 6.01. The Balaban J connectivity index is 2.00. The smallest absolute Gasteiger partial charge is 0.266 e. The number of aromatic nitrogens is 1. The van der Waals surface area contributed by atoms with Gasteiger partial charge in [-0.15, -0.1) is 0 Å². The molecule has 0 saturated heterocycles. The van der Waals surface area contributed by atoms with E-state index in [2.05, 4.69) is 4.98 Å². The van der Waals surface area contributed by atoms with E-state index in [9.17, 15) is 9.18 Å². The number of hydrazine groups is 1. The summed E-state index contributed by atoms with van der Waals surface area (Å²) in [6, 6.07) is 7.35. The van der Waals surface area contributed by atoms with E-state index in [4.69, 9.17) is 22.2 Å².